The Balaban J connectivity index is 1.48. The van der Waals surface area contributed by atoms with Crippen LogP contribution < -0.4 is 5.32 Å². The molecule has 30 heavy (non-hydrogen) atoms. The molecule has 4 nitrogen and oxygen atoms in total. The number of hydrogen-bond donors (Lipinski definition) is 2. The van der Waals surface area contributed by atoms with E-state index in [0.717, 1.165) is 37.1 Å². The molecule has 1 aliphatic carbocycles. The van der Waals surface area contributed by atoms with Crippen molar-refractivity contribution in [2.45, 2.75) is 50.6 Å². The van der Waals surface area contributed by atoms with Crippen molar-refractivity contribution in [3.63, 3.8) is 0 Å². The van der Waals surface area contributed by atoms with Gasteiger partial charge in [-0.15, -0.1) is 0 Å². The fraction of sp³-hybridized carbons (Fsp3) is 0.423. The smallest absolute Gasteiger partial charge is 0.227 e. The van der Waals surface area contributed by atoms with Gasteiger partial charge in [0.25, 0.3) is 0 Å². The highest BCUT2D eigenvalue weighted by molar-refractivity contribution is 5.81. The molecule has 3 atom stereocenters. The van der Waals surface area contributed by atoms with Crippen LogP contribution in [0.25, 0.3) is 5.57 Å². The lowest BCUT2D eigenvalue weighted by atomic mass is 9.81. The summed E-state index contributed by atoms with van der Waals surface area (Å²) >= 11 is 0. The quantitative estimate of drug-likeness (QED) is 0.788. The minimum absolute atomic E-state index is 0.00299. The number of aliphatic hydroxyl groups excluding tert-OH is 1. The van der Waals surface area contributed by atoms with Crippen LogP contribution >= 0.6 is 0 Å². The van der Waals surface area contributed by atoms with Crippen LogP contribution in [0.3, 0.4) is 0 Å². The first kappa shape index (κ1) is 19.4. The molecule has 4 heteroatoms. The van der Waals surface area contributed by atoms with Crippen molar-refractivity contribution in [3.05, 3.63) is 71.3 Å². The largest absolute Gasteiger partial charge is 0.394 e. The second-order valence-electron chi connectivity index (χ2n) is 8.86. The van der Waals surface area contributed by atoms with Gasteiger partial charge in [0.05, 0.1) is 25.1 Å². The lowest BCUT2D eigenvalue weighted by molar-refractivity contribution is -0.131. The van der Waals surface area contributed by atoms with E-state index in [4.69, 9.17) is 0 Å². The number of likely N-dealkylation sites (tertiary alicyclic amines) is 1. The molecule has 1 saturated heterocycles. The highest BCUT2D eigenvalue weighted by atomic mass is 16.3. The van der Waals surface area contributed by atoms with Gasteiger partial charge in [-0.3, -0.25) is 4.79 Å². The summed E-state index contributed by atoms with van der Waals surface area (Å²) in [6.45, 7) is 0.847. The van der Waals surface area contributed by atoms with Gasteiger partial charge < -0.3 is 15.3 Å². The topological polar surface area (TPSA) is 52.6 Å². The third-order valence-electron chi connectivity index (χ3n) is 7.05. The average molecular weight is 403 g/mol. The molecule has 0 saturated carbocycles. The van der Waals surface area contributed by atoms with Crippen molar-refractivity contribution < 1.29 is 9.90 Å². The third-order valence-corrected chi connectivity index (χ3v) is 7.05. The minimum atomic E-state index is -0.00299. The van der Waals surface area contributed by atoms with E-state index in [1.165, 1.54) is 29.5 Å². The van der Waals surface area contributed by atoms with Crippen LogP contribution in [0.1, 0.15) is 54.8 Å². The first-order valence-corrected chi connectivity index (χ1v) is 11.3. The number of nitrogens with one attached hydrogen (secondary N) is 1. The van der Waals surface area contributed by atoms with Gasteiger partial charge in [0.2, 0.25) is 5.91 Å². The van der Waals surface area contributed by atoms with E-state index < -0.39 is 0 Å². The molecule has 2 N–H and O–H groups in total. The number of rotatable bonds is 4. The number of allylic oxidation sites excluding steroid dienone is 2. The Kier molecular flexibility index (Phi) is 5.34. The van der Waals surface area contributed by atoms with Gasteiger partial charge in [0.15, 0.2) is 0 Å². The summed E-state index contributed by atoms with van der Waals surface area (Å²) in [7, 11) is 0. The summed E-state index contributed by atoms with van der Waals surface area (Å²) in [5, 5.41) is 13.6. The predicted molar refractivity (Wildman–Crippen MR) is 120 cm³/mol. The Morgan fingerprint density at radius 1 is 1.13 bits per heavy atom. The van der Waals surface area contributed by atoms with Gasteiger partial charge >= 0.3 is 0 Å². The van der Waals surface area contributed by atoms with Crippen LogP contribution in [0.15, 0.2) is 54.6 Å². The molecule has 2 aliphatic heterocycles. The predicted octanol–water partition coefficient (Wildman–Crippen LogP) is 4.56. The van der Waals surface area contributed by atoms with E-state index in [9.17, 15) is 9.90 Å². The Hall–Kier alpha value is -2.59. The van der Waals surface area contributed by atoms with Crippen LogP contribution in [0, 0.1) is 5.92 Å². The molecule has 2 aromatic carbocycles. The van der Waals surface area contributed by atoms with Crippen molar-refractivity contribution in [2.75, 3.05) is 18.5 Å². The van der Waals surface area contributed by atoms with Crippen LogP contribution in [0.4, 0.5) is 5.69 Å². The molecule has 2 aromatic rings. The number of benzene rings is 2. The van der Waals surface area contributed by atoms with Crippen molar-refractivity contribution in [1.29, 1.82) is 0 Å². The summed E-state index contributed by atoms with van der Waals surface area (Å²) in [6.07, 6.45) is 8.56. The zero-order valence-electron chi connectivity index (χ0n) is 17.4. The molecule has 0 bridgehead atoms. The number of nitrogens with zero attached hydrogens (tertiary/aromatic N) is 1. The average Bonchev–Trinajstić information content (AvgIpc) is 3.25. The number of anilines is 1. The fourth-order valence-electron chi connectivity index (χ4n) is 5.51. The van der Waals surface area contributed by atoms with E-state index in [0.29, 0.717) is 6.42 Å². The lowest BCUT2D eigenvalue weighted by Gasteiger charge is -2.39. The SMILES string of the molecule is O=C(Cc1ccccc1)N1CC[C@@H]2[C@H](CO)Nc3ccc(C4=CCCCC4)cc3[C@@H]21. The highest BCUT2D eigenvalue weighted by Gasteiger charge is 2.45. The van der Waals surface area contributed by atoms with E-state index >= 15 is 0 Å². The van der Waals surface area contributed by atoms with Gasteiger partial charge in [-0.05, 0) is 66.5 Å². The minimum Gasteiger partial charge on any atom is -0.394 e. The third kappa shape index (κ3) is 3.54. The maximum Gasteiger partial charge on any atom is 0.227 e. The van der Waals surface area contributed by atoms with Gasteiger partial charge in [0.1, 0.15) is 0 Å². The van der Waals surface area contributed by atoms with Crippen molar-refractivity contribution in [2.24, 2.45) is 5.92 Å². The molecule has 2 heterocycles. The van der Waals surface area contributed by atoms with Gasteiger partial charge in [-0.2, -0.15) is 0 Å². The van der Waals surface area contributed by atoms with Gasteiger partial charge in [0, 0.05) is 18.2 Å². The second-order valence-corrected chi connectivity index (χ2v) is 8.86. The van der Waals surface area contributed by atoms with E-state index in [1.54, 1.807) is 0 Å². The Morgan fingerprint density at radius 2 is 2.00 bits per heavy atom. The molecule has 0 spiro atoms. The molecule has 0 aromatic heterocycles. The summed E-state index contributed by atoms with van der Waals surface area (Å²) in [4.78, 5) is 15.4. The lowest BCUT2D eigenvalue weighted by Crippen LogP contribution is -2.43. The van der Waals surface area contributed by atoms with Crippen molar-refractivity contribution in [1.82, 2.24) is 4.90 Å². The number of carbonyl (C=O) groups is 1. The zero-order chi connectivity index (χ0) is 20.5. The molecule has 1 fully saturated rings. The van der Waals surface area contributed by atoms with E-state index in [-0.39, 0.29) is 30.5 Å². The molecule has 1 amide bonds. The summed E-state index contributed by atoms with van der Waals surface area (Å²) in [6, 6.07) is 16.7. The highest BCUT2D eigenvalue weighted by Crippen LogP contribution is 2.47. The van der Waals surface area contributed by atoms with E-state index in [1.807, 2.05) is 30.3 Å². The first-order valence-electron chi connectivity index (χ1n) is 11.3. The molecular weight excluding hydrogens is 372 g/mol. The van der Waals surface area contributed by atoms with E-state index in [2.05, 4.69) is 34.5 Å². The number of carbonyl (C=O) groups excluding carboxylic acids is 1. The monoisotopic (exact) mass is 402 g/mol. The number of aliphatic hydroxyl groups is 1. The standard InChI is InChI=1S/C26H30N2O2/c29-17-24-21-13-14-28(25(30)15-18-7-3-1-4-8-18)26(21)22-16-20(11-12-23(22)27-24)19-9-5-2-6-10-19/h1,3-4,7-9,11-12,16,21,24,26-27,29H,2,5-6,10,13-15,17H2/t21-,24+,26-/m1/s1. The van der Waals surface area contributed by atoms with Crippen molar-refractivity contribution in [3.8, 4) is 0 Å². The molecule has 5 rings (SSSR count). The maximum atomic E-state index is 13.3. The molecule has 3 aliphatic rings. The molecule has 156 valence electrons. The Labute approximate surface area is 178 Å². The Bertz CT molecular complexity index is 953. The number of fused-ring (bicyclic) bond motifs is 3. The molecular formula is C26H30N2O2. The first-order chi connectivity index (χ1) is 14.7. The fourth-order valence-corrected chi connectivity index (χ4v) is 5.51. The summed E-state index contributed by atoms with van der Waals surface area (Å²) < 4.78 is 0. The van der Waals surface area contributed by atoms with Gasteiger partial charge in [-0.25, -0.2) is 0 Å². The van der Waals surface area contributed by atoms with Crippen LogP contribution in [-0.2, 0) is 11.2 Å². The second kappa shape index (κ2) is 8.27. The maximum absolute atomic E-state index is 13.3. The zero-order valence-corrected chi connectivity index (χ0v) is 17.4. The normalized spacial score (nSPS) is 25.2. The van der Waals surface area contributed by atoms with Crippen LogP contribution in [0.2, 0.25) is 0 Å². The number of hydrogen-bond acceptors (Lipinski definition) is 3. The Morgan fingerprint density at radius 3 is 2.77 bits per heavy atom. The van der Waals surface area contributed by atoms with Gasteiger partial charge in [-0.1, -0.05) is 42.5 Å². The van der Waals surface area contributed by atoms with Crippen LogP contribution in [0.5, 0.6) is 0 Å². The molecule has 0 unspecified atom stereocenters. The van der Waals surface area contributed by atoms with Crippen LogP contribution in [-0.4, -0.2) is 35.1 Å². The number of amides is 1. The summed E-state index contributed by atoms with van der Waals surface area (Å²) in [5.41, 5.74) is 6.06. The van der Waals surface area contributed by atoms with Crippen molar-refractivity contribution >= 4 is 17.2 Å². The molecule has 0 radical (unpaired) electrons. The summed E-state index contributed by atoms with van der Waals surface area (Å²) in [5.74, 6) is 0.429.